The van der Waals surface area contributed by atoms with Gasteiger partial charge in [-0.15, -0.1) is 0 Å². The van der Waals surface area contributed by atoms with Gasteiger partial charge >= 0.3 is 0 Å². The van der Waals surface area contributed by atoms with Crippen LogP contribution in [0, 0.1) is 0 Å². The van der Waals surface area contributed by atoms with E-state index in [2.05, 4.69) is 29.0 Å². The highest BCUT2D eigenvalue weighted by Crippen LogP contribution is 2.15. The molecule has 5 nitrogen and oxygen atoms in total. The van der Waals surface area contributed by atoms with Gasteiger partial charge in [0.15, 0.2) is 0 Å². The van der Waals surface area contributed by atoms with Crippen molar-refractivity contribution in [1.29, 1.82) is 0 Å². The molecule has 0 aromatic heterocycles. The van der Waals surface area contributed by atoms with Crippen molar-refractivity contribution in [2.45, 2.75) is 13.0 Å². The van der Waals surface area contributed by atoms with Crippen LogP contribution < -0.4 is 4.74 Å². The number of amides is 1. The summed E-state index contributed by atoms with van der Waals surface area (Å²) in [6, 6.07) is 16.1. The van der Waals surface area contributed by atoms with Crippen molar-refractivity contribution in [1.82, 2.24) is 14.7 Å². The second-order valence-corrected chi connectivity index (χ2v) is 7.61. The van der Waals surface area contributed by atoms with Crippen LogP contribution in [-0.4, -0.2) is 74.5 Å². The molecule has 1 fully saturated rings. The van der Waals surface area contributed by atoms with Gasteiger partial charge in [0.05, 0.1) is 7.11 Å². The van der Waals surface area contributed by atoms with Crippen LogP contribution in [0.4, 0.5) is 0 Å². The van der Waals surface area contributed by atoms with Gasteiger partial charge in [0, 0.05) is 51.9 Å². The number of piperazine rings is 1. The number of likely N-dealkylation sites (N-methyl/N-ethyl adjacent to an activating group) is 2. The number of carbonyl (C=O) groups excluding carboxylic acids is 1. The van der Waals surface area contributed by atoms with E-state index in [-0.39, 0.29) is 5.91 Å². The number of hydrogen-bond donors (Lipinski definition) is 0. The largest absolute Gasteiger partial charge is 0.497 e. The SMILES string of the molecule is COc1cccc(CCN(C)C(=O)c2cccc(CN3CCN(C)CC3)c2)c1. The molecule has 0 unspecified atom stereocenters. The van der Waals surface area contributed by atoms with E-state index in [1.807, 2.05) is 43.4 Å². The second kappa shape index (κ2) is 9.71. The third kappa shape index (κ3) is 5.57. The van der Waals surface area contributed by atoms with Crippen LogP contribution in [0.2, 0.25) is 0 Å². The summed E-state index contributed by atoms with van der Waals surface area (Å²) in [6.07, 6.45) is 0.806. The van der Waals surface area contributed by atoms with Gasteiger partial charge in [-0.3, -0.25) is 9.69 Å². The molecule has 0 bridgehead atoms. The maximum atomic E-state index is 12.9. The van der Waals surface area contributed by atoms with Gasteiger partial charge in [0.25, 0.3) is 5.91 Å². The normalized spacial score (nSPS) is 15.4. The van der Waals surface area contributed by atoms with E-state index in [1.54, 1.807) is 12.0 Å². The molecule has 1 amide bonds. The maximum absolute atomic E-state index is 12.9. The number of rotatable bonds is 7. The van der Waals surface area contributed by atoms with E-state index in [0.717, 1.165) is 50.5 Å². The van der Waals surface area contributed by atoms with E-state index >= 15 is 0 Å². The Morgan fingerprint density at radius 3 is 2.50 bits per heavy atom. The molecule has 0 spiro atoms. The van der Waals surface area contributed by atoms with Crippen LogP contribution in [0.25, 0.3) is 0 Å². The monoisotopic (exact) mass is 381 g/mol. The molecule has 0 radical (unpaired) electrons. The first-order valence-corrected chi connectivity index (χ1v) is 9.93. The summed E-state index contributed by atoms with van der Waals surface area (Å²) >= 11 is 0. The zero-order valence-corrected chi connectivity index (χ0v) is 17.2. The van der Waals surface area contributed by atoms with Gasteiger partial charge in [-0.1, -0.05) is 24.3 Å². The van der Waals surface area contributed by atoms with Gasteiger partial charge in [-0.2, -0.15) is 0 Å². The minimum atomic E-state index is 0.0723. The predicted octanol–water partition coefficient (Wildman–Crippen LogP) is 2.76. The standard InChI is InChI=1S/C23H31N3O2/c1-24-12-14-26(15-13-24)18-20-7-4-8-21(16-20)23(27)25(2)11-10-19-6-5-9-22(17-19)28-3/h4-9,16-17H,10-15,18H2,1-3H3. The van der Waals surface area contributed by atoms with Crippen LogP contribution in [-0.2, 0) is 13.0 Å². The van der Waals surface area contributed by atoms with Crippen molar-refractivity contribution < 1.29 is 9.53 Å². The van der Waals surface area contributed by atoms with Gasteiger partial charge < -0.3 is 14.5 Å². The summed E-state index contributed by atoms with van der Waals surface area (Å²) < 4.78 is 5.27. The molecule has 2 aromatic rings. The Kier molecular flexibility index (Phi) is 7.06. The molecule has 0 atom stereocenters. The summed E-state index contributed by atoms with van der Waals surface area (Å²) in [4.78, 5) is 19.5. The highest BCUT2D eigenvalue weighted by Gasteiger charge is 2.16. The third-order valence-corrected chi connectivity index (χ3v) is 5.39. The fourth-order valence-electron chi connectivity index (χ4n) is 3.51. The van der Waals surface area contributed by atoms with E-state index in [0.29, 0.717) is 6.54 Å². The number of benzene rings is 2. The Morgan fingerprint density at radius 2 is 1.75 bits per heavy atom. The molecule has 1 saturated heterocycles. The van der Waals surface area contributed by atoms with E-state index < -0.39 is 0 Å². The molecular weight excluding hydrogens is 350 g/mol. The molecule has 1 aliphatic rings. The summed E-state index contributed by atoms with van der Waals surface area (Å²) in [7, 11) is 5.71. The minimum absolute atomic E-state index is 0.0723. The fourth-order valence-corrected chi connectivity index (χ4v) is 3.51. The van der Waals surface area contributed by atoms with Crippen LogP contribution in [0.5, 0.6) is 5.75 Å². The maximum Gasteiger partial charge on any atom is 0.253 e. The molecule has 28 heavy (non-hydrogen) atoms. The van der Waals surface area contributed by atoms with Crippen molar-refractivity contribution in [3.63, 3.8) is 0 Å². The van der Waals surface area contributed by atoms with E-state index in [4.69, 9.17) is 4.74 Å². The Hall–Kier alpha value is -2.37. The lowest BCUT2D eigenvalue weighted by Crippen LogP contribution is -2.43. The molecule has 2 aromatic carbocycles. The quantitative estimate of drug-likeness (QED) is 0.739. The van der Waals surface area contributed by atoms with Gasteiger partial charge in [-0.25, -0.2) is 0 Å². The van der Waals surface area contributed by atoms with Crippen LogP contribution in [0.1, 0.15) is 21.5 Å². The Balaban J connectivity index is 1.57. The lowest BCUT2D eigenvalue weighted by molar-refractivity contribution is 0.0796. The molecule has 1 heterocycles. The van der Waals surface area contributed by atoms with Crippen molar-refractivity contribution in [3.05, 3.63) is 65.2 Å². The summed E-state index contributed by atoms with van der Waals surface area (Å²) in [5, 5.41) is 0. The van der Waals surface area contributed by atoms with Crippen molar-refractivity contribution in [3.8, 4) is 5.75 Å². The highest BCUT2D eigenvalue weighted by molar-refractivity contribution is 5.94. The van der Waals surface area contributed by atoms with Crippen LogP contribution in [0.3, 0.4) is 0 Å². The summed E-state index contributed by atoms with van der Waals surface area (Å²) in [6.45, 7) is 5.94. The highest BCUT2D eigenvalue weighted by atomic mass is 16.5. The number of hydrogen-bond acceptors (Lipinski definition) is 4. The smallest absolute Gasteiger partial charge is 0.253 e. The Labute approximate surface area is 168 Å². The summed E-state index contributed by atoms with van der Waals surface area (Å²) in [5.41, 5.74) is 3.14. The van der Waals surface area contributed by atoms with E-state index in [9.17, 15) is 4.79 Å². The molecule has 0 saturated carbocycles. The average Bonchev–Trinajstić information content (AvgIpc) is 2.73. The van der Waals surface area contributed by atoms with Crippen LogP contribution in [0.15, 0.2) is 48.5 Å². The lowest BCUT2D eigenvalue weighted by atomic mass is 10.1. The fraction of sp³-hybridized carbons (Fsp3) is 0.435. The lowest BCUT2D eigenvalue weighted by Gasteiger charge is -2.32. The molecule has 3 rings (SSSR count). The van der Waals surface area contributed by atoms with Gasteiger partial charge in [-0.05, 0) is 48.9 Å². The molecule has 1 aliphatic heterocycles. The number of nitrogens with zero attached hydrogens (tertiary/aromatic N) is 3. The van der Waals surface area contributed by atoms with Crippen molar-refractivity contribution in [2.75, 3.05) is 53.9 Å². The average molecular weight is 382 g/mol. The van der Waals surface area contributed by atoms with Gasteiger partial charge in [0.1, 0.15) is 5.75 Å². The third-order valence-electron chi connectivity index (χ3n) is 5.39. The predicted molar refractivity (Wildman–Crippen MR) is 113 cm³/mol. The number of ether oxygens (including phenoxy) is 1. The first-order chi connectivity index (χ1) is 13.5. The molecular formula is C23H31N3O2. The first-order valence-electron chi connectivity index (χ1n) is 9.93. The summed E-state index contributed by atoms with van der Waals surface area (Å²) in [5.74, 6) is 0.922. The minimum Gasteiger partial charge on any atom is -0.497 e. The first kappa shape index (κ1) is 20.4. The molecule has 150 valence electrons. The molecule has 0 aliphatic carbocycles. The van der Waals surface area contributed by atoms with E-state index in [1.165, 1.54) is 11.1 Å². The topological polar surface area (TPSA) is 36.0 Å². The van der Waals surface area contributed by atoms with Crippen molar-refractivity contribution in [2.24, 2.45) is 0 Å². The van der Waals surface area contributed by atoms with Crippen molar-refractivity contribution >= 4 is 5.91 Å². The Bertz CT molecular complexity index is 785. The number of methoxy groups -OCH3 is 1. The zero-order valence-electron chi connectivity index (χ0n) is 17.2. The number of carbonyl (C=O) groups is 1. The Morgan fingerprint density at radius 1 is 1.04 bits per heavy atom. The van der Waals surface area contributed by atoms with Gasteiger partial charge in [0.2, 0.25) is 0 Å². The second-order valence-electron chi connectivity index (χ2n) is 7.61. The molecule has 0 N–H and O–H groups in total. The zero-order chi connectivity index (χ0) is 19.9. The van der Waals surface area contributed by atoms with Crippen LogP contribution >= 0.6 is 0 Å². The molecule has 5 heteroatoms.